The summed E-state index contributed by atoms with van der Waals surface area (Å²) in [6, 6.07) is 12.6. The Hall–Kier alpha value is -2.62. The van der Waals surface area contributed by atoms with Gasteiger partial charge in [0.1, 0.15) is 6.04 Å². The lowest BCUT2D eigenvalue weighted by atomic mass is 10.0. The van der Waals surface area contributed by atoms with Crippen LogP contribution in [0, 0.1) is 0 Å². The molecule has 0 spiro atoms. The van der Waals surface area contributed by atoms with Gasteiger partial charge in [-0.25, -0.2) is 13.4 Å². The summed E-state index contributed by atoms with van der Waals surface area (Å²) in [7, 11) is -3.03. The molecule has 0 aliphatic carbocycles. The first kappa shape index (κ1) is 19.7. The lowest BCUT2D eigenvalue weighted by Gasteiger charge is -2.33. The van der Waals surface area contributed by atoms with E-state index < -0.39 is 15.9 Å². The molecule has 1 atom stereocenters. The normalized spacial score (nSPS) is 17.5. The zero-order valence-corrected chi connectivity index (χ0v) is 17.2. The highest BCUT2D eigenvalue weighted by molar-refractivity contribution is 7.91. The van der Waals surface area contributed by atoms with Gasteiger partial charge < -0.3 is 5.32 Å². The number of hydrogen-bond acceptors (Lipinski definition) is 7. The van der Waals surface area contributed by atoms with Gasteiger partial charge in [0.05, 0.1) is 17.2 Å². The van der Waals surface area contributed by atoms with Crippen LogP contribution in [0.25, 0.3) is 11.3 Å². The fourth-order valence-electron chi connectivity index (χ4n) is 3.30. The highest BCUT2D eigenvalue weighted by Crippen LogP contribution is 2.28. The highest BCUT2D eigenvalue weighted by atomic mass is 32.2. The first-order valence-corrected chi connectivity index (χ1v) is 11.9. The molecule has 9 heteroatoms. The number of benzene rings is 1. The molecule has 1 aliphatic rings. The monoisotopic (exact) mass is 428 g/mol. The van der Waals surface area contributed by atoms with Gasteiger partial charge in [-0.2, -0.15) is 0 Å². The summed E-state index contributed by atoms with van der Waals surface area (Å²) in [6.45, 7) is 0.655. The maximum atomic E-state index is 13.2. The zero-order valence-electron chi connectivity index (χ0n) is 15.6. The lowest BCUT2D eigenvalue weighted by Crippen LogP contribution is -2.46. The number of hydrogen-bond donors (Lipinski definition) is 1. The van der Waals surface area contributed by atoms with Crippen LogP contribution in [0.1, 0.15) is 11.6 Å². The Kier molecular flexibility index (Phi) is 5.70. The van der Waals surface area contributed by atoms with Gasteiger partial charge in [-0.15, -0.1) is 11.3 Å². The second-order valence-electron chi connectivity index (χ2n) is 6.77. The van der Waals surface area contributed by atoms with Gasteiger partial charge in [0.25, 0.3) is 0 Å². The summed E-state index contributed by atoms with van der Waals surface area (Å²) in [4.78, 5) is 23.7. The number of nitrogens with one attached hydrogen (secondary N) is 1. The fourth-order valence-corrected chi connectivity index (χ4v) is 5.25. The first-order valence-electron chi connectivity index (χ1n) is 9.18. The molecule has 1 amide bonds. The van der Waals surface area contributed by atoms with Gasteiger partial charge in [0.15, 0.2) is 15.0 Å². The molecule has 2 aromatic heterocycles. The Morgan fingerprint density at radius 1 is 1.10 bits per heavy atom. The molecule has 4 rings (SSSR count). The van der Waals surface area contributed by atoms with E-state index in [0.717, 1.165) is 16.8 Å². The van der Waals surface area contributed by atoms with Crippen LogP contribution >= 0.6 is 11.3 Å². The maximum Gasteiger partial charge on any atom is 0.248 e. The minimum Gasteiger partial charge on any atom is -0.300 e. The number of nitrogens with zero attached hydrogens (tertiary/aromatic N) is 3. The van der Waals surface area contributed by atoms with Crippen molar-refractivity contribution in [2.75, 3.05) is 29.9 Å². The number of carbonyl (C=O) groups excluding carboxylic acids is 1. The molecule has 3 heterocycles. The van der Waals surface area contributed by atoms with E-state index >= 15 is 0 Å². The van der Waals surface area contributed by atoms with Crippen molar-refractivity contribution in [1.82, 2.24) is 14.9 Å². The number of carbonyl (C=O) groups is 1. The predicted molar refractivity (Wildman–Crippen MR) is 113 cm³/mol. The van der Waals surface area contributed by atoms with Gasteiger partial charge in [-0.05, 0) is 17.7 Å². The molecular weight excluding hydrogens is 408 g/mol. The fraction of sp³-hybridized carbons (Fsp3) is 0.250. The number of pyridine rings is 1. The molecule has 1 aliphatic heterocycles. The molecule has 1 N–H and O–H groups in total. The Morgan fingerprint density at radius 3 is 2.55 bits per heavy atom. The summed E-state index contributed by atoms with van der Waals surface area (Å²) in [6.07, 6.45) is 3.42. The van der Waals surface area contributed by atoms with Crippen molar-refractivity contribution in [1.29, 1.82) is 0 Å². The minimum atomic E-state index is -3.03. The summed E-state index contributed by atoms with van der Waals surface area (Å²) in [5.74, 6) is -0.0968. The van der Waals surface area contributed by atoms with Gasteiger partial charge >= 0.3 is 0 Å². The molecule has 7 nitrogen and oxygen atoms in total. The van der Waals surface area contributed by atoms with Crippen LogP contribution in [0.4, 0.5) is 5.13 Å². The third kappa shape index (κ3) is 4.69. The summed E-state index contributed by atoms with van der Waals surface area (Å²) in [5.41, 5.74) is 2.46. The van der Waals surface area contributed by atoms with Crippen molar-refractivity contribution in [3.05, 3.63) is 65.8 Å². The molecule has 0 saturated carbocycles. The Morgan fingerprint density at radius 2 is 1.86 bits per heavy atom. The third-order valence-electron chi connectivity index (χ3n) is 4.80. The van der Waals surface area contributed by atoms with Crippen molar-refractivity contribution in [3.63, 3.8) is 0 Å². The number of sulfone groups is 1. The summed E-state index contributed by atoms with van der Waals surface area (Å²) in [5, 5.41) is 5.28. The topological polar surface area (TPSA) is 92.3 Å². The number of amides is 1. The Labute approximate surface area is 173 Å². The van der Waals surface area contributed by atoms with Crippen LogP contribution in [-0.2, 0) is 14.6 Å². The van der Waals surface area contributed by atoms with Crippen LogP contribution < -0.4 is 5.32 Å². The van der Waals surface area contributed by atoms with E-state index in [1.807, 2.05) is 52.7 Å². The van der Waals surface area contributed by atoms with E-state index in [1.54, 1.807) is 12.4 Å². The van der Waals surface area contributed by atoms with Gasteiger partial charge in [0.2, 0.25) is 5.91 Å². The van der Waals surface area contributed by atoms with Crippen molar-refractivity contribution >= 4 is 32.2 Å². The SMILES string of the molecule is O=C(Nc1nc(-c2cccnc2)cs1)C(c1ccccc1)N1CCS(=O)(=O)CC1. The average Bonchev–Trinajstić information content (AvgIpc) is 3.19. The van der Waals surface area contributed by atoms with E-state index in [0.29, 0.717) is 18.2 Å². The maximum absolute atomic E-state index is 13.2. The average molecular weight is 429 g/mol. The molecule has 3 aromatic rings. The second-order valence-corrected chi connectivity index (χ2v) is 9.93. The summed E-state index contributed by atoms with van der Waals surface area (Å²) < 4.78 is 23.6. The van der Waals surface area contributed by atoms with Crippen molar-refractivity contribution in [3.8, 4) is 11.3 Å². The van der Waals surface area contributed by atoms with Gasteiger partial charge in [-0.3, -0.25) is 14.7 Å². The molecule has 1 aromatic carbocycles. The van der Waals surface area contributed by atoms with Crippen LogP contribution in [0.3, 0.4) is 0 Å². The van der Waals surface area contributed by atoms with Crippen LogP contribution in [-0.4, -0.2) is 53.8 Å². The molecule has 0 bridgehead atoms. The van der Waals surface area contributed by atoms with E-state index in [4.69, 9.17) is 0 Å². The molecule has 150 valence electrons. The Balaban J connectivity index is 1.55. The molecular formula is C20H20N4O3S2. The van der Waals surface area contributed by atoms with Gasteiger partial charge in [-0.1, -0.05) is 30.3 Å². The first-order chi connectivity index (χ1) is 14.0. The van der Waals surface area contributed by atoms with Crippen molar-refractivity contribution in [2.45, 2.75) is 6.04 Å². The Bertz CT molecular complexity index is 1070. The standard InChI is InChI=1S/C20H20N4O3S2/c25-19(23-20-22-17(14-28-20)16-7-4-8-21-13-16)18(15-5-2-1-3-6-15)24-9-11-29(26,27)12-10-24/h1-8,13-14,18H,9-12H2,(H,22,23,25). The quantitative estimate of drug-likeness (QED) is 0.672. The number of thiazole rings is 1. The summed E-state index contributed by atoms with van der Waals surface area (Å²) >= 11 is 1.35. The smallest absolute Gasteiger partial charge is 0.248 e. The zero-order chi connectivity index (χ0) is 20.3. The minimum absolute atomic E-state index is 0.0615. The van der Waals surface area contributed by atoms with Crippen LogP contribution in [0.15, 0.2) is 60.2 Å². The molecule has 1 unspecified atom stereocenters. The largest absolute Gasteiger partial charge is 0.300 e. The van der Waals surface area contributed by atoms with E-state index in [9.17, 15) is 13.2 Å². The van der Waals surface area contributed by atoms with E-state index in [-0.39, 0.29) is 17.4 Å². The van der Waals surface area contributed by atoms with Crippen LogP contribution in [0.2, 0.25) is 0 Å². The number of rotatable bonds is 5. The molecule has 0 radical (unpaired) electrons. The molecule has 29 heavy (non-hydrogen) atoms. The van der Waals surface area contributed by atoms with E-state index in [2.05, 4.69) is 15.3 Å². The van der Waals surface area contributed by atoms with Crippen LogP contribution in [0.5, 0.6) is 0 Å². The number of anilines is 1. The van der Waals surface area contributed by atoms with E-state index in [1.165, 1.54) is 11.3 Å². The van der Waals surface area contributed by atoms with Crippen molar-refractivity contribution < 1.29 is 13.2 Å². The predicted octanol–water partition coefficient (Wildman–Crippen LogP) is 2.62. The molecule has 1 saturated heterocycles. The van der Waals surface area contributed by atoms with Crippen molar-refractivity contribution in [2.24, 2.45) is 0 Å². The second kappa shape index (κ2) is 8.40. The third-order valence-corrected chi connectivity index (χ3v) is 7.17. The van der Waals surface area contributed by atoms with Gasteiger partial charge in [0, 0.05) is 36.4 Å². The lowest BCUT2D eigenvalue weighted by molar-refractivity contribution is -0.121. The molecule has 1 fully saturated rings. The highest BCUT2D eigenvalue weighted by Gasteiger charge is 2.32. The number of aromatic nitrogens is 2.